The Labute approximate surface area is 142 Å². The van der Waals surface area contributed by atoms with Crippen LogP contribution in [0.5, 0.6) is 0 Å². The molecule has 1 atom stereocenters. The van der Waals surface area contributed by atoms with Crippen LogP contribution in [0.4, 0.5) is 5.69 Å². The lowest BCUT2D eigenvalue weighted by atomic mass is 10.1. The van der Waals surface area contributed by atoms with Gasteiger partial charge in [-0.1, -0.05) is 35.9 Å². The smallest absolute Gasteiger partial charge is 0.338 e. The van der Waals surface area contributed by atoms with Gasteiger partial charge in [0, 0.05) is 11.7 Å². The number of carbonyl (C=O) groups excluding carboxylic acids is 2. The number of aryl methyl sites for hydroxylation is 2. The Morgan fingerprint density at radius 2 is 1.92 bits per heavy atom. The van der Waals surface area contributed by atoms with Gasteiger partial charge in [-0.15, -0.1) is 0 Å². The number of hydrogen-bond acceptors (Lipinski definition) is 3. The van der Waals surface area contributed by atoms with E-state index in [0.29, 0.717) is 5.56 Å². The minimum Gasteiger partial charge on any atom is -0.452 e. The highest BCUT2D eigenvalue weighted by Crippen LogP contribution is 2.31. The molecular formula is C20H21NO3. The van der Waals surface area contributed by atoms with E-state index in [0.717, 1.165) is 28.8 Å². The number of benzene rings is 2. The SMILES string of the molecule is Cc1ccc(C)c(C(=O)OCC(=O)N2c3ccccc3C[C@@H]2C)c1. The molecule has 24 heavy (non-hydrogen) atoms. The molecule has 2 aromatic rings. The molecule has 0 saturated heterocycles. The van der Waals surface area contributed by atoms with Crippen molar-refractivity contribution in [3.8, 4) is 0 Å². The first-order valence-corrected chi connectivity index (χ1v) is 8.11. The summed E-state index contributed by atoms with van der Waals surface area (Å²) >= 11 is 0. The second-order valence-corrected chi connectivity index (χ2v) is 6.34. The zero-order valence-electron chi connectivity index (χ0n) is 14.2. The molecule has 1 aliphatic rings. The van der Waals surface area contributed by atoms with Crippen molar-refractivity contribution in [1.82, 2.24) is 0 Å². The van der Waals surface area contributed by atoms with Gasteiger partial charge in [-0.05, 0) is 50.5 Å². The minimum atomic E-state index is -0.454. The Bertz CT molecular complexity index is 797. The molecule has 1 aliphatic heterocycles. The minimum absolute atomic E-state index is 0.0781. The van der Waals surface area contributed by atoms with Gasteiger partial charge in [-0.25, -0.2) is 4.79 Å². The van der Waals surface area contributed by atoms with Gasteiger partial charge in [0.2, 0.25) is 0 Å². The third kappa shape index (κ3) is 3.04. The predicted octanol–water partition coefficient (Wildman–Crippen LogP) is 3.44. The second kappa shape index (κ2) is 6.48. The van der Waals surface area contributed by atoms with E-state index in [1.165, 1.54) is 0 Å². The molecule has 0 radical (unpaired) electrons. The number of rotatable bonds is 3. The summed E-state index contributed by atoms with van der Waals surface area (Å²) in [6.07, 6.45) is 0.826. The largest absolute Gasteiger partial charge is 0.452 e. The van der Waals surface area contributed by atoms with E-state index in [2.05, 4.69) is 0 Å². The standard InChI is InChI=1S/C20H21NO3/c1-13-8-9-14(2)17(10-13)20(23)24-12-19(22)21-15(3)11-16-6-4-5-7-18(16)21/h4-10,15H,11-12H2,1-3H3/t15-/m0/s1. The van der Waals surface area contributed by atoms with Crippen LogP contribution in [0.1, 0.15) is 34.0 Å². The van der Waals surface area contributed by atoms with E-state index in [1.807, 2.05) is 57.2 Å². The Hall–Kier alpha value is -2.62. The third-order valence-electron chi connectivity index (χ3n) is 4.42. The molecule has 0 aromatic heterocycles. The van der Waals surface area contributed by atoms with Crippen molar-refractivity contribution < 1.29 is 14.3 Å². The van der Waals surface area contributed by atoms with Crippen LogP contribution in [0.2, 0.25) is 0 Å². The Morgan fingerprint density at radius 3 is 2.71 bits per heavy atom. The summed E-state index contributed by atoms with van der Waals surface area (Å²) in [5.74, 6) is -0.643. The molecule has 124 valence electrons. The highest BCUT2D eigenvalue weighted by atomic mass is 16.5. The van der Waals surface area contributed by atoms with Gasteiger partial charge >= 0.3 is 5.97 Å². The number of nitrogens with zero attached hydrogens (tertiary/aromatic N) is 1. The molecular weight excluding hydrogens is 302 g/mol. The Kier molecular flexibility index (Phi) is 4.38. The molecule has 0 saturated carbocycles. The van der Waals surface area contributed by atoms with Gasteiger partial charge in [0.1, 0.15) is 0 Å². The van der Waals surface area contributed by atoms with E-state index < -0.39 is 5.97 Å². The van der Waals surface area contributed by atoms with Crippen molar-refractivity contribution >= 4 is 17.6 Å². The summed E-state index contributed by atoms with van der Waals surface area (Å²) in [6.45, 7) is 5.54. The fraction of sp³-hybridized carbons (Fsp3) is 0.300. The molecule has 0 N–H and O–H groups in total. The lowest BCUT2D eigenvalue weighted by Gasteiger charge is -2.22. The fourth-order valence-electron chi connectivity index (χ4n) is 3.18. The van der Waals surface area contributed by atoms with Gasteiger partial charge < -0.3 is 9.64 Å². The summed E-state index contributed by atoms with van der Waals surface area (Å²) in [6, 6.07) is 13.5. The lowest BCUT2D eigenvalue weighted by Crippen LogP contribution is -2.38. The maximum atomic E-state index is 12.6. The molecule has 1 amide bonds. The van der Waals surface area contributed by atoms with E-state index in [1.54, 1.807) is 11.0 Å². The van der Waals surface area contributed by atoms with Crippen molar-refractivity contribution in [3.05, 3.63) is 64.7 Å². The van der Waals surface area contributed by atoms with Crippen molar-refractivity contribution in [2.75, 3.05) is 11.5 Å². The maximum absolute atomic E-state index is 12.6. The summed E-state index contributed by atoms with van der Waals surface area (Å²) in [4.78, 5) is 26.6. The van der Waals surface area contributed by atoms with Crippen molar-refractivity contribution in [3.63, 3.8) is 0 Å². The van der Waals surface area contributed by atoms with Crippen LogP contribution in [-0.4, -0.2) is 24.5 Å². The summed E-state index contributed by atoms with van der Waals surface area (Å²) < 4.78 is 5.27. The van der Waals surface area contributed by atoms with Crippen LogP contribution in [0.3, 0.4) is 0 Å². The van der Waals surface area contributed by atoms with Crippen molar-refractivity contribution in [1.29, 1.82) is 0 Å². The van der Waals surface area contributed by atoms with Crippen LogP contribution in [0.15, 0.2) is 42.5 Å². The molecule has 0 fully saturated rings. The number of carbonyl (C=O) groups is 2. The van der Waals surface area contributed by atoms with Crippen LogP contribution in [0.25, 0.3) is 0 Å². The van der Waals surface area contributed by atoms with Crippen LogP contribution in [0, 0.1) is 13.8 Å². The second-order valence-electron chi connectivity index (χ2n) is 6.34. The fourth-order valence-corrected chi connectivity index (χ4v) is 3.18. The summed E-state index contributed by atoms with van der Waals surface area (Å²) in [5.41, 5.74) is 4.41. The Morgan fingerprint density at radius 1 is 1.17 bits per heavy atom. The van der Waals surface area contributed by atoms with Gasteiger partial charge in [-0.2, -0.15) is 0 Å². The van der Waals surface area contributed by atoms with E-state index in [-0.39, 0.29) is 18.6 Å². The Balaban J connectivity index is 1.70. The first-order valence-electron chi connectivity index (χ1n) is 8.11. The first kappa shape index (κ1) is 16.2. The molecule has 4 heteroatoms. The highest BCUT2D eigenvalue weighted by molar-refractivity contribution is 5.99. The number of fused-ring (bicyclic) bond motifs is 1. The molecule has 1 heterocycles. The van der Waals surface area contributed by atoms with Gasteiger partial charge in [0.25, 0.3) is 5.91 Å². The summed E-state index contributed by atoms with van der Waals surface area (Å²) in [7, 11) is 0. The molecule has 0 bridgehead atoms. The summed E-state index contributed by atoms with van der Waals surface area (Å²) in [5, 5.41) is 0. The van der Waals surface area contributed by atoms with Crippen LogP contribution >= 0.6 is 0 Å². The monoisotopic (exact) mass is 323 g/mol. The van der Waals surface area contributed by atoms with Crippen molar-refractivity contribution in [2.24, 2.45) is 0 Å². The first-order chi connectivity index (χ1) is 11.5. The molecule has 0 aliphatic carbocycles. The number of para-hydroxylation sites is 1. The third-order valence-corrected chi connectivity index (χ3v) is 4.42. The molecule has 0 unspecified atom stereocenters. The zero-order chi connectivity index (χ0) is 17.3. The van der Waals surface area contributed by atoms with E-state index in [4.69, 9.17) is 4.74 Å². The van der Waals surface area contributed by atoms with Gasteiger partial charge in [0.15, 0.2) is 6.61 Å². The average Bonchev–Trinajstić information content (AvgIpc) is 2.90. The maximum Gasteiger partial charge on any atom is 0.338 e. The lowest BCUT2D eigenvalue weighted by molar-refractivity contribution is -0.122. The molecule has 4 nitrogen and oxygen atoms in total. The van der Waals surface area contributed by atoms with Gasteiger partial charge in [-0.3, -0.25) is 4.79 Å². The van der Waals surface area contributed by atoms with Crippen molar-refractivity contribution in [2.45, 2.75) is 33.2 Å². The quantitative estimate of drug-likeness (QED) is 0.813. The topological polar surface area (TPSA) is 46.6 Å². The zero-order valence-corrected chi connectivity index (χ0v) is 14.2. The number of amides is 1. The van der Waals surface area contributed by atoms with Crippen LogP contribution < -0.4 is 4.90 Å². The van der Waals surface area contributed by atoms with Crippen LogP contribution in [-0.2, 0) is 16.0 Å². The molecule has 0 spiro atoms. The van der Waals surface area contributed by atoms with E-state index in [9.17, 15) is 9.59 Å². The number of hydrogen-bond donors (Lipinski definition) is 0. The average molecular weight is 323 g/mol. The van der Waals surface area contributed by atoms with Gasteiger partial charge in [0.05, 0.1) is 5.56 Å². The number of esters is 1. The predicted molar refractivity (Wildman–Crippen MR) is 93.3 cm³/mol. The number of ether oxygens (including phenoxy) is 1. The molecule has 2 aromatic carbocycles. The highest BCUT2D eigenvalue weighted by Gasteiger charge is 2.31. The number of anilines is 1. The molecule has 3 rings (SSSR count). The normalized spacial score (nSPS) is 16.0. The van der Waals surface area contributed by atoms with E-state index >= 15 is 0 Å².